The number of nitrogens with one attached hydrogen (secondary N) is 1. The highest BCUT2D eigenvalue weighted by Gasteiger charge is 2.40. The zero-order valence-electron chi connectivity index (χ0n) is 14.3. The summed E-state index contributed by atoms with van der Waals surface area (Å²) in [7, 11) is 0. The van der Waals surface area contributed by atoms with Crippen LogP contribution < -0.4 is 10.1 Å². The Morgan fingerprint density at radius 3 is 2.36 bits per heavy atom. The summed E-state index contributed by atoms with van der Waals surface area (Å²) in [5.41, 5.74) is 0.369. The van der Waals surface area contributed by atoms with Gasteiger partial charge in [-0.2, -0.15) is 0 Å². The molecule has 1 fully saturated rings. The SMILES string of the molecule is O=C(NCCOc1ccccc1)C1(c2ccc(F)cc2)CCCCC1. The van der Waals surface area contributed by atoms with Gasteiger partial charge in [0.2, 0.25) is 5.91 Å². The van der Waals surface area contributed by atoms with Crippen molar-refractivity contribution in [2.75, 3.05) is 13.2 Å². The molecule has 0 aromatic heterocycles. The summed E-state index contributed by atoms with van der Waals surface area (Å²) in [5.74, 6) is 0.546. The molecule has 1 aliphatic carbocycles. The molecule has 25 heavy (non-hydrogen) atoms. The summed E-state index contributed by atoms with van der Waals surface area (Å²) in [5, 5.41) is 3.02. The molecule has 0 heterocycles. The molecule has 1 saturated carbocycles. The first-order chi connectivity index (χ1) is 12.2. The number of carbonyl (C=O) groups excluding carboxylic acids is 1. The number of carbonyl (C=O) groups is 1. The zero-order chi connectivity index (χ0) is 17.5. The van der Waals surface area contributed by atoms with E-state index in [2.05, 4.69) is 5.32 Å². The monoisotopic (exact) mass is 341 g/mol. The second-order valence-corrected chi connectivity index (χ2v) is 6.57. The normalized spacial score (nSPS) is 16.2. The van der Waals surface area contributed by atoms with E-state index >= 15 is 0 Å². The fourth-order valence-corrected chi connectivity index (χ4v) is 3.59. The summed E-state index contributed by atoms with van der Waals surface area (Å²) in [6.07, 6.45) is 4.80. The highest BCUT2D eigenvalue weighted by molar-refractivity contribution is 5.88. The van der Waals surface area contributed by atoms with Gasteiger partial charge in [-0.1, -0.05) is 49.6 Å². The highest BCUT2D eigenvalue weighted by atomic mass is 19.1. The first-order valence-corrected chi connectivity index (χ1v) is 8.93. The van der Waals surface area contributed by atoms with Gasteiger partial charge in [-0.05, 0) is 42.7 Å². The Labute approximate surface area is 148 Å². The molecule has 0 bridgehead atoms. The average Bonchev–Trinajstić information content (AvgIpc) is 2.67. The molecular weight excluding hydrogens is 317 g/mol. The van der Waals surface area contributed by atoms with Crippen LogP contribution in [0.3, 0.4) is 0 Å². The highest BCUT2D eigenvalue weighted by Crippen LogP contribution is 2.39. The van der Waals surface area contributed by atoms with E-state index in [0.717, 1.165) is 43.4 Å². The van der Waals surface area contributed by atoms with Gasteiger partial charge in [0, 0.05) is 0 Å². The number of ether oxygens (including phenoxy) is 1. The second kappa shape index (κ2) is 8.15. The minimum atomic E-state index is -0.543. The maximum absolute atomic E-state index is 13.3. The Morgan fingerprint density at radius 2 is 1.68 bits per heavy atom. The molecule has 0 radical (unpaired) electrons. The summed E-state index contributed by atoms with van der Waals surface area (Å²) in [6, 6.07) is 15.9. The van der Waals surface area contributed by atoms with Gasteiger partial charge in [-0.3, -0.25) is 4.79 Å². The second-order valence-electron chi connectivity index (χ2n) is 6.57. The van der Waals surface area contributed by atoms with E-state index in [0.29, 0.717) is 13.2 Å². The molecule has 2 aromatic rings. The van der Waals surface area contributed by atoms with E-state index in [9.17, 15) is 9.18 Å². The summed E-state index contributed by atoms with van der Waals surface area (Å²) >= 11 is 0. The molecule has 0 unspecified atom stereocenters. The lowest BCUT2D eigenvalue weighted by Crippen LogP contribution is -2.46. The summed E-state index contributed by atoms with van der Waals surface area (Å²) in [4.78, 5) is 13.0. The van der Waals surface area contributed by atoms with Gasteiger partial charge >= 0.3 is 0 Å². The molecule has 132 valence electrons. The third kappa shape index (κ3) is 4.19. The van der Waals surface area contributed by atoms with E-state index in [1.807, 2.05) is 30.3 Å². The molecule has 2 aromatic carbocycles. The van der Waals surface area contributed by atoms with Gasteiger partial charge in [-0.25, -0.2) is 4.39 Å². The maximum Gasteiger partial charge on any atom is 0.230 e. The van der Waals surface area contributed by atoms with Crippen molar-refractivity contribution in [3.8, 4) is 5.75 Å². The molecule has 0 saturated heterocycles. The molecule has 0 spiro atoms. The Morgan fingerprint density at radius 1 is 1.00 bits per heavy atom. The minimum Gasteiger partial charge on any atom is -0.492 e. The number of benzene rings is 2. The van der Waals surface area contributed by atoms with Crippen molar-refractivity contribution in [3.63, 3.8) is 0 Å². The molecule has 1 N–H and O–H groups in total. The fraction of sp³-hybridized carbons (Fsp3) is 0.381. The Bertz CT molecular complexity index is 679. The van der Waals surface area contributed by atoms with Crippen LogP contribution in [-0.4, -0.2) is 19.1 Å². The minimum absolute atomic E-state index is 0.0236. The van der Waals surface area contributed by atoms with Crippen LogP contribution in [0.5, 0.6) is 5.75 Å². The number of rotatable bonds is 6. The molecule has 0 atom stereocenters. The number of hydrogen-bond donors (Lipinski definition) is 1. The third-order valence-electron chi connectivity index (χ3n) is 4.94. The maximum atomic E-state index is 13.3. The van der Waals surface area contributed by atoms with Crippen molar-refractivity contribution < 1.29 is 13.9 Å². The number of halogens is 1. The van der Waals surface area contributed by atoms with Crippen molar-refractivity contribution >= 4 is 5.91 Å². The van der Waals surface area contributed by atoms with Gasteiger partial charge < -0.3 is 10.1 Å². The zero-order valence-corrected chi connectivity index (χ0v) is 14.3. The molecular formula is C21H24FNO2. The Balaban J connectivity index is 1.62. The van der Waals surface area contributed by atoms with Gasteiger partial charge in [0.1, 0.15) is 18.2 Å². The van der Waals surface area contributed by atoms with Crippen molar-refractivity contribution in [1.29, 1.82) is 0 Å². The van der Waals surface area contributed by atoms with Crippen LogP contribution in [0.4, 0.5) is 4.39 Å². The first-order valence-electron chi connectivity index (χ1n) is 8.93. The molecule has 1 amide bonds. The summed E-state index contributed by atoms with van der Waals surface area (Å²) in [6.45, 7) is 0.881. The average molecular weight is 341 g/mol. The lowest BCUT2D eigenvalue weighted by Gasteiger charge is -2.36. The van der Waals surface area contributed by atoms with E-state index in [-0.39, 0.29) is 11.7 Å². The Kier molecular flexibility index (Phi) is 5.69. The van der Waals surface area contributed by atoms with Crippen LogP contribution in [0.15, 0.2) is 54.6 Å². The van der Waals surface area contributed by atoms with Gasteiger partial charge in [-0.15, -0.1) is 0 Å². The van der Waals surface area contributed by atoms with Crippen LogP contribution in [-0.2, 0) is 10.2 Å². The van der Waals surface area contributed by atoms with Crippen molar-refractivity contribution in [3.05, 3.63) is 66.0 Å². The lowest BCUT2D eigenvalue weighted by atomic mass is 9.68. The van der Waals surface area contributed by atoms with Crippen molar-refractivity contribution in [1.82, 2.24) is 5.32 Å². The molecule has 1 aliphatic rings. The van der Waals surface area contributed by atoms with Crippen molar-refractivity contribution in [2.24, 2.45) is 0 Å². The van der Waals surface area contributed by atoms with Crippen LogP contribution in [0.25, 0.3) is 0 Å². The lowest BCUT2D eigenvalue weighted by molar-refractivity contribution is -0.128. The van der Waals surface area contributed by atoms with Gasteiger partial charge in [0.05, 0.1) is 12.0 Å². The van der Waals surface area contributed by atoms with Gasteiger partial charge in [0.15, 0.2) is 0 Å². The third-order valence-corrected chi connectivity index (χ3v) is 4.94. The van der Waals surface area contributed by atoms with Gasteiger partial charge in [0.25, 0.3) is 0 Å². The fourth-order valence-electron chi connectivity index (χ4n) is 3.59. The topological polar surface area (TPSA) is 38.3 Å². The van der Waals surface area contributed by atoms with E-state index < -0.39 is 5.41 Å². The molecule has 0 aliphatic heterocycles. The quantitative estimate of drug-likeness (QED) is 0.799. The summed E-state index contributed by atoms with van der Waals surface area (Å²) < 4.78 is 18.9. The van der Waals surface area contributed by atoms with Crippen LogP contribution in [0.1, 0.15) is 37.7 Å². The predicted octanol–water partition coefficient (Wildman–Crippen LogP) is 4.22. The standard InChI is InChI=1S/C21H24FNO2/c22-18-11-9-17(10-12-18)21(13-5-2-6-14-21)20(24)23-15-16-25-19-7-3-1-4-8-19/h1,3-4,7-12H,2,5-6,13-16H2,(H,23,24). The molecule has 3 rings (SSSR count). The van der Waals surface area contributed by atoms with Crippen molar-refractivity contribution in [2.45, 2.75) is 37.5 Å². The van der Waals surface area contributed by atoms with Crippen LogP contribution in [0.2, 0.25) is 0 Å². The smallest absolute Gasteiger partial charge is 0.230 e. The number of hydrogen-bond acceptors (Lipinski definition) is 2. The van der Waals surface area contributed by atoms with E-state index in [4.69, 9.17) is 4.74 Å². The molecule has 3 nitrogen and oxygen atoms in total. The van der Waals surface area contributed by atoms with Crippen LogP contribution in [0, 0.1) is 5.82 Å². The van der Waals surface area contributed by atoms with E-state index in [1.54, 1.807) is 12.1 Å². The largest absolute Gasteiger partial charge is 0.492 e. The first kappa shape index (κ1) is 17.5. The number of para-hydroxylation sites is 1. The number of amides is 1. The van der Waals surface area contributed by atoms with Crippen LogP contribution >= 0.6 is 0 Å². The van der Waals surface area contributed by atoms with E-state index in [1.165, 1.54) is 12.1 Å². The predicted molar refractivity (Wildman–Crippen MR) is 96.1 cm³/mol. The molecule has 4 heteroatoms. The Hall–Kier alpha value is -2.36.